The molecule has 0 saturated carbocycles. The van der Waals surface area contributed by atoms with Crippen molar-refractivity contribution >= 4 is 40.5 Å². The number of hydrogen-bond acceptors (Lipinski definition) is 6. The second kappa shape index (κ2) is 12.5. The van der Waals surface area contributed by atoms with E-state index in [9.17, 15) is 29.1 Å². The van der Waals surface area contributed by atoms with Crippen molar-refractivity contribution in [1.29, 1.82) is 0 Å². The van der Waals surface area contributed by atoms with E-state index in [1.807, 2.05) is 24.3 Å². The number of nitrogens with two attached hydrogens (primary N) is 2. The van der Waals surface area contributed by atoms with Crippen LogP contribution in [0.5, 0.6) is 0 Å². The second-order valence-corrected chi connectivity index (χ2v) is 8.58. The number of carboxylic acids is 1. The molecule has 35 heavy (non-hydrogen) atoms. The zero-order valence-electron chi connectivity index (χ0n) is 19.7. The summed E-state index contributed by atoms with van der Waals surface area (Å²) in [4.78, 5) is 63.3. The first kappa shape index (κ1) is 27.3. The van der Waals surface area contributed by atoms with Gasteiger partial charge in [0.2, 0.25) is 23.6 Å². The number of carboxylic acid groups (broad SMARTS) is 1. The zero-order chi connectivity index (χ0) is 26.1. The van der Waals surface area contributed by atoms with Crippen molar-refractivity contribution in [2.24, 2.45) is 17.4 Å². The van der Waals surface area contributed by atoms with Gasteiger partial charge in [0.25, 0.3) is 0 Å². The number of aromatic amines is 1. The highest BCUT2D eigenvalue weighted by molar-refractivity contribution is 5.93. The van der Waals surface area contributed by atoms with Gasteiger partial charge in [0.05, 0.1) is 12.6 Å². The van der Waals surface area contributed by atoms with E-state index in [4.69, 9.17) is 11.5 Å². The Bertz CT molecular complexity index is 1080. The summed E-state index contributed by atoms with van der Waals surface area (Å²) in [7, 11) is 0. The predicted octanol–water partition coefficient (Wildman–Crippen LogP) is -0.870. The maximum atomic E-state index is 13.0. The van der Waals surface area contributed by atoms with Gasteiger partial charge in [-0.15, -0.1) is 0 Å². The topological polar surface area (TPSA) is 209 Å². The minimum atomic E-state index is -1.37. The molecule has 4 amide bonds. The van der Waals surface area contributed by atoms with Crippen LogP contribution in [-0.4, -0.2) is 64.4 Å². The first-order valence-corrected chi connectivity index (χ1v) is 11.2. The van der Waals surface area contributed by atoms with E-state index < -0.39 is 54.3 Å². The summed E-state index contributed by atoms with van der Waals surface area (Å²) in [5.41, 5.74) is 12.4. The Morgan fingerprint density at radius 3 is 2.34 bits per heavy atom. The maximum absolute atomic E-state index is 13.0. The van der Waals surface area contributed by atoms with Crippen molar-refractivity contribution in [3.63, 3.8) is 0 Å². The molecule has 0 aliphatic rings. The summed E-state index contributed by atoms with van der Waals surface area (Å²) in [5, 5.41) is 17.6. The van der Waals surface area contributed by atoms with Crippen LogP contribution in [0.25, 0.3) is 10.9 Å². The predicted molar refractivity (Wildman–Crippen MR) is 128 cm³/mol. The van der Waals surface area contributed by atoms with Crippen LogP contribution in [0.1, 0.15) is 32.3 Å². The summed E-state index contributed by atoms with van der Waals surface area (Å²) in [6.45, 7) is 3.12. The fourth-order valence-corrected chi connectivity index (χ4v) is 3.38. The van der Waals surface area contributed by atoms with E-state index in [0.29, 0.717) is 0 Å². The lowest BCUT2D eigenvalue weighted by Gasteiger charge is -2.22. The van der Waals surface area contributed by atoms with Gasteiger partial charge in [-0.2, -0.15) is 0 Å². The third-order valence-electron chi connectivity index (χ3n) is 5.49. The van der Waals surface area contributed by atoms with Crippen molar-refractivity contribution in [3.8, 4) is 0 Å². The van der Waals surface area contributed by atoms with Crippen molar-refractivity contribution in [2.75, 3.05) is 6.54 Å². The quantitative estimate of drug-likeness (QED) is 0.189. The molecule has 0 radical (unpaired) electrons. The molecule has 2 aromatic rings. The van der Waals surface area contributed by atoms with Crippen LogP contribution in [0.3, 0.4) is 0 Å². The molecule has 1 aromatic heterocycles. The van der Waals surface area contributed by atoms with Gasteiger partial charge < -0.3 is 37.5 Å². The summed E-state index contributed by atoms with van der Waals surface area (Å²) in [5.74, 6) is -4.10. The van der Waals surface area contributed by atoms with Crippen molar-refractivity contribution < 1.29 is 29.1 Å². The normalized spacial score (nSPS) is 13.6. The maximum Gasteiger partial charge on any atom is 0.326 e. The van der Waals surface area contributed by atoms with E-state index in [0.717, 1.165) is 16.5 Å². The summed E-state index contributed by atoms with van der Waals surface area (Å²) in [6, 6.07) is 4.03. The molecule has 190 valence electrons. The second-order valence-electron chi connectivity index (χ2n) is 8.58. The number of primary amides is 1. The molecule has 12 nitrogen and oxygen atoms in total. The smallest absolute Gasteiger partial charge is 0.326 e. The molecule has 1 heterocycles. The average Bonchev–Trinajstić information content (AvgIpc) is 3.21. The summed E-state index contributed by atoms with van der Waals surface area (Å²) < 4.78 is 0. The molecule has 0 bridgehead atoms. The molecule has 0 spiro atoms. The molecule has 1 aromatic carbocycles. The molecule has 2 rings (SSSR count). The monoisotopic (exact) mass is 488 g/mol. The number of para-hydroxylation sites is 1. The third-order valence-corrected chi connectivity index (χ3v) is 5.49. The van der Waals surface area contributed by atoms with E-state index in [1.54, 1.807) is 20.0 Å². The molecule has 3 atom stereocenters. The first-order valence-electron chi connectivity index (χ1n) is 11.2. The van der Waals surface area contributed by atoms with Crippen LogP contribution in [0.2, 0.25) is 0 Å². The Labute approximate surface area is 202 Å². The number of nitrogens with one attached hydrogen (secondary N) is 4. The number of aromatic nitrogens is 1. The average molecular weight is 489 g/mol. The molecule has 9 N–H and O–H groups in total. The molecule has 3 unspecified atom stereocenters. The zero-order valence-corrected chi connectivity index (χ0v) is 19.7. The highest BCUT2D eigenvalue weighted by Gasteiger charge is 2.28. The Hall–Kier alpha value is -3.93. The number of benzene rings is 1. The molecule has 0 aliphatic carbocycles. The van der Waals surface area contributed by atoms with Crippen molar-refractivity contribution in [1.82, 2.24) is 20.9 Å². The van der Waals surface area contributed by atoms with Crippen molar-refractivity contribution in [2.45, 2.75) is 51.2 Å². The van der Waals surface area contributed by atoms with E-state index in [-0.39, 0.29) is 25.2 Å². The highest BCUT2D eigenvalue weighted by Crippen LogP contribution is 2.19. The third kappa shape index (κ3) is 8.10. The van der Waals surface area contributed by atoms with Gasteiger partial charge >= 0.3 is 5.97 Å². The minimum Gasteiger partial charge on any atom is -0.480 e. The van der Waals surface area contributed by atoms with Gasteiger partial charge in [0, 0.05) is 29.9 Å². The molecule has 0 fully saturated rings. The number of hydrogen-bond donors (Lipinski definition) is 7. The minimum absolute atomic E-state index is 0.0448. The van der Waals surface area contributed by atoms with E-state index in [1.165, 1.54) is 0 Å². The number of H-pyrrole nitrogens is 1. The van der Waals surface area contributed by atoms with Gasteiger partial charge in [-0.1, -0.05) is 32.0 Å². The van der Waals surface area contributed by atoms with Gasteiger partial charge in [0.15, 0.2) is 0 Å². The largest absolute Gasteiger partial charge is 0.480 e. The molecular formula is C23H32N6O6. The van der Waals surface area contributed by atoms with Gasteiger partial charge in [0.1, 0.15) is 12.1 Å². The lowest BCUT2D eigenvalue weighted by atomic mass is 10.0. The Kier molecular flexibility index (Phi) is 9.76. The summed E-state index contributed by atoms with van der Waals surface area (Å²) in [6.07, 6.45) is 1.30. The van der Waals surface area contributed by atoms with Crippen LogP contribution in [0, 0.1) is 5.92 Å². The fraction of sp³-hybridized carbons (Fsp3) is 0.435. The molecular weight excluding hydrogens is 456 g/mol. The van der Waals surface area contributed by atoms with Gasteiger partial charge in [-0.25, -0.2) is 4.79 Å². The van der Waals surface area contributed by atoms with Crippen LogP contribution in [0.15, 0.2) is 30.5 Å². The van der Waals surface area contributed by atoms with E-state index in [2.05, 4.69) is 20.9 Å². The van der Waals surface area contributed by atoms with Crippen molar-refractivity contribution in [3.05, 3.63) is 36.0 Å². The fourth-order valence-electron chi connectivity index (χ4n) is 3.38. The lowest BCUT2D eigenvalue weighted by molar-refractivity contribution is -0.142. The van der Waals surface area contributed by atoms with Crippen LogP contribution in [-0.2, 0) is 30.4 Å². The highest BCUT2D eigenvalue weighted by atomic mass is 16.4. The molecule has 12 heteroatoms. The van der Waals surface area contributed by atoms with Crippen LogP contribution >= 0.6 is 0 Å². The van der Waals surface area contributed by atoms with E-state index >= 15 is 0 Å². The number of rotatable bonds is 13. The standard InChI is InChI=1S/C23H32N6O6/c1-12(2)20(25)22(33)27-11-19(31)28-17(9-13-10-26-15-6-4-3-5-14(13)15)21(32)29-16(23(34)35)7-8-18(24)30/h3-6,10,12,16-17,20,26H,7-9,11,25H2,1-2H3,(H2,24,30)(H,27,33)(H,28,31)(H,29,32)(H,34,35). The van der Waals surface area contributed by atoms with Crippen LogP contribution < -0.4 is 27.4 Å². The SMILES string of the molecule is CC(C)C(N)C(=O)NCC(=O)NC(Cc1c[nH]c2ccccc12)C(=O)NC(CCC(N)=O)C(=O)O. The number of fused-ring (bicyclic) bond motifs is 1. The lowest BCUT2D eigenvalue weighted by Crippen LogP contribution is -2.54. The van der Waals surface area contributed by atoms with Crippen LogP contribution in [0.4, 0.5) is 0 Å². The van der Waals surface area contributed by atoms with Gasteiger partial charge in [-0.05, 0) is 24.0 Å². The first-order chi connectivity index (χ1) is 16.5. The number of carbonyl (C=O) groups excluding carboxylic acids is 4. The Balaban J connectivity index is 2.17. The molecule has 0 saturated heterocycles. The Morgan fingerprint density at radius 1 is 1.03 bits per heavy atom. The number of aliphatic carboxylic acids is 1. The number of amides is 4. The molecule has 0 aliphatic heterocycles. The number of carbonyl (C=O) groups is 5. The Morgan fingerprint density at radius 2 is 1.71 bits per heavy atom. The summed E-state index contributed by atoms with van der Waals surface area (Å²) >= 11 is 0. The van der Waals surface area contributed by atoms with Gasteiger partial charge in [-0.3, -0.25) is 19.2 Å².